The summed E-state index contributed by atoms with van der Waals surface area (Å²) in [5, 5.41) is 13.8. The van der Waals surface area contributed by atoms with Crippen molar-refractivity contribution in [3.8, 4) is 27.8 Å². The molecule has 8 heteroatoms. The fourth-order valence-corrected chi connectivity index (χ4v) is 3.29. The minimum Gasteiger partial charge on any atom is -0.497 e. The van der Waals surface area contributed by atoms with Crippen molar-refractivity contribution in [2.45, 2.75) is 6.61 Å². The quantitative estimate of drug-likeness (QED) is 0.519. The predicted octanol–water partition coefficient (Wildman–Crippen LogP) is 3.45. The van der Waals surface area contributed by atoms with Crippen LogP contribution in [0.4, 0.5) is 0 Å². The summed E-state index contributed by atoms with van der Waals surface area (Å²) in [7, 11) is 3.28. The molecule has 0 spiro atoms. The van der Waals surface area contributed by atoms with Crippen molar-refractivity contribution >= 4 is 16.3 Å². The maximum absolute atomic E-state index is 5.78. The Hall–Kier alpha value is -3.13. The smallest absolute Gasteiger partial charge is 0.235 e. The molecular formula is C18H16N4O3S. The van der Waals surface area contributed by atoms with Gasteiger partial charge in [-0.25, -0.2) is 0 Å². The SMILES string of the molecule is COc1ccc(OCc2nnc3sc(-c4cccc(OC)c4)nn23)cc1. The molecule has 7 nitrogen and oxygen atoms in total. The predicted molar refractivity (Wildman–Crippen MR) is 98.0 cm³/mol. The molecule has 0 atom stereocenters. The first-order valence-electron chi connectivity index (χ1n) is 7.89. The first-order chi connectivity index (χ1) is 12.8. The largest absolute Gasteiger partial charge is 0.497 e. The molecule has 0 aliphatic heterocycles. The van der Waals surface area contributed by atoms with Crippen molar-refractivity contribution in [3.05, 3.63) is 54.4 Å². The second-order valence-corrected chi connectivity index (χ2v) is 6.37. The van der Waals surface area contributed by atoms with Crippen LogP contribution < -0.4 is 14.2 Å². The first kappa shape index (κ1) is 16.3. The van der Waals surface area contributed by atoms with E-state index in [0.717, 1.165) is 32.8 Å². The van der Waals surface area contributed by atoms with Crippen LogP contribution in [0.1, 0.15) is 5.82 Å². The third kappa shape index (κ3) is 3.18. The lowest BCUT2D eigenvalue weighted by molar-refractivity contribution is 0.292. The summed E-state index contributed by atoms with van der Waals surface area (Å²) in [4.78, 5) is 0.719. The van der Waals surface area contributed by atoms with Crippen molar-refractivity contribution in [2.75, 3.05) is 14.2 Å². The third-order valence-electron chi connectivity index (χ3n) is 3.80. The van der Waals surface area contributed by atoms with Gasteiger partial charge in [-0.05, 0) is 36.4 Å². The number of benzene rings is 2. The highest BCUT2D eigenvalue weighted by molar-refractivity contribution is 7.19. The molecule has 132 valence electrons. The van der Waals surface area contributed by atoms with Crippen LogP contribution in [-0.4, -0.2) is 34.0 Å². The highest BCUT2D eigenvalue weighted by Crippen LogP contribution is 2.28. The molecular weight excluding hydrogens is 352 g/mol. The van der Waals surface area contributed by atoms with Crippen molar-refractivity contribution in [1.29, 1.82) is 0 Å². The summed E-state index contributed by atoms with van der Waals surface area (Å²) in [6, 6.07) is 15.2. The molecule has 0 amide bonds. The molecule has 2 aromatic heterocycles. The fourth-order valence-electron chi connectivity index (χ4n) is 2.44. The number of hydrogen-bond donors (Lipinski definition) is 0. The van der Waals surface area contributed by atoms with Gasteiger partial charge >= 0.3 is 0 Å². The zero-order chi connectivity index (χ0) is 17.9. The molecule has 4 aromatic rings. The van der Waals surface area contributed by atoms with Crippen LogP contribution in [0.3, 0.4) is 0 Å². The number of ether oxygens (including phenoxy) is 3. The van der Waals surface area contributed by atoms with Gasteiger partial charge in [-0.15, -0.1) is 10.2 Å². The highest BCUT2D eigenvalue weighted by Gasteiger charge is 2.14. The van der Waals surface area contributed by atoms with Gasteiger partial charge in [0.1, 0.15) is 28.9 Å². The second kappa shape index (κ2) is 7.01. The Kier molecular flexibility index (Phi) is 4.40. The van der Waals surface area contributed by atoms with Gasteiger partial charge in [0.25, 0.3) is 0 Å². The molecule has 0 aliphatic rings. The lowest BCUT2D eigenvalue weighted by Gasteiger charge is -2.05. The van der Waals surface area contributed by atoms with Gasteiger partial charge in [-0.1, -0.05) is 23.5 Å². The molecule has 2 heterocycles. The zero-order valence-corrected chi connectivity index (χ0v) is 15.1. The lowest BCUT2D eigenvalue weighted by atomic mass is 10.2. The van der Waals surface area contributed by atoms with E-state index >= 15 is 0 Å². The molecule has 26 heavy (non-hydrogen) atoms. The Bertz CT molecular complexity index is 1030. The van der Waals surface area contributed by atoms with Gasteiger partial charge in [0.2, 0.25) is 4.96 Å². The molecule has 0 fully saturated rings. The Morgan fingerprint density at radius 2 is 1.69 bits per heavy atom. The van der Waals surface area contributed by atoms with Gasteiger partial charge < -0.3 is 14.2 Å². The standard InChI is InChI=1S/C18H16N4O3S/c1-23-13-6-8-14(9-7-13)25-11-16-19-20-18-22(16)21-17(26-18)12-4-3-5-15(10-12)24-2/h3-10H,11H2,1-2H3. The minimum atomic E-state index is 0.273. The maximum atomic E-state index is 5.78. The number of rotatable bonds is 6. The molecule has 2 aromatic carbocycles. The fraction of sp³-hybridized carbons (Fsp3) is 0.167. The van der Waals surface area contributed by atoms with Crippen molar-refractivity contribution in [2.24, 2.45) is 0 Å². The van der Waals surface area contributed by atoms with Gasteiger partial charge in [-0.2, -0.15) is 9.61 Å². The van der Waals surface area contributed by atoms with Crippen molar-refractivity contribution in [3.63, 3.8) is 0 Å². The van der Waals surface area contributed by atoms with Gasteiger partial charge in [0, 0.05) is 5.56 Å². The van der Waals surface area contributed by atoms with E-state index in [4.69, 9.17) is 14.2 Å². The van der Waals surface area contributed by atoms with E-state index in [2.05, 4.69) is 15.3 Å². The number of hydrogen-bond acceptors (Lipinski definition) is 7. The Morgan fingerprint density at radius 3 is 2.46 bits per heavy atom. The van der Waals surface area contributed by atoms with Crippen LogP contribution in [0.5, 0.6) is 17.2 Å². The Morgan fingerprint density at radius 1 is 0.923 bits per heavy atom. The molecule has 0 N–H and O–H groups in total. The van der Waals surface area contributed by atoms with Crippen LogP contribution in [0, 0.1) is 0 Å². The number of methoxy groups -OCH3 is 2. The minimum absolute atomic E-state index is 0.273. The summed E-state index contributed by atoms with van der Waals surface area (Å²) in [5.74, 6) is 2.94. The van der Waals surface area contributed by atoms with E-state index in [9.17, 15) is 0 Å². The van der Waals surface area contributed by atoms with E-state index in [-0.39, 0.29) is 6.61 Å². The topological polar surface area (TPSA) is 70.8 Å². The first-order valence-corrected chi connectivity index (χ1v) is 8.71. The Balaban J connectivity index is 1.55. The number of fused-ring (bicyclic) bond motifs is 1. The molecule has 0 saturated carbocycles. The summed E-state index contributed by atoms with van der Waals surface area (Å²) in [6.45, 7) is 0.273. The average Bonchev–Trinajstić information content (AvgIpc) is 3.28. The van der Waals surface area contributed by atoms with Gasteiger partial charge in [0.05, 0.1) is 14.2 Å². The summed E-state index contributed by atoms with van der Waals surface area (Å²) in [5.41, 5.74) is 0.974. The molecule has 0 radical (unpaired) electrons. The summed E-state index contributed by atoms with van der Waals surface area (Å²) >= 11 is 1.47. The van der Waals surface area contributed by atoms with Gasteiger partial charge in [0.15, 0.2) is 5.82 Å². The number of nitrogens with zero attached hydrogens (tertiary/aromatic N) is 4. The Labute approximate surface area is 153 Å². The van der Waals surface area contributed by atoms with Crippen molar-refractivity contribution < 1.29 is 14.2 Å². The zero-order valence-electron chi connectivity index (χ0n) is 14.2. The number of aromatic nitrogens is 4. The molecule has 0 bridgehead atoms. The summed E-state index contributed by atoms with van der Waals surface area (Å²) < 4.78 is 17.9. The highest BCUT2D eigenvalue weighted by atomic mass is 32.1. The lowest BCUT2D eigenvalue weighted by Crippen LogP contribution is -2.02. The van der Waals surface area contributed by atoms with E-state index in [1.54, 1.807) is 18.7 Å². The van der Waals surface area contributed by atoms with Gasteiger partial charge in [-0.3, -0.25) is 0 Å². The van der Waals surface area contributed by atoms with E-state index in [0.29, 0.717) is 5.82 Å². The summed E-state index contributed by atoms with van der Waals surface area (Å²) in [6.07, 6.45) is 0. The van der Waals surface area contributed by atoms with Crippen molar-refractivity contribution in [1.82, 2.24) is 19.8 Å². The van der Waals surface area contributed by atoms with Crippen LogP contribution >= 0.6 is 11.3 Å². The van der Waals surface area contributed by atoms with Crippen LogP contribution in [-0.2, 0) is 6.61 Å². The van der Waals surface area contributed by atoms with Crippen LogP contribution in [0.2, 0.25) is 0 Å². The molecule has 0 unspecified atom stereocenters. The monoisotopic (exact) mass is 368 g/mol. The van der Waals surface area contributed by atoms with E-state index < -0.39 is 0 Å². The average molecular weight is 368 g/mol. The molecule has 4 rings (SSSR count). The molecule has 0 saturated heterocycles. The second-order valence-electron chi connectivity index (χ2n) is 5.41. The normalized spacial score (nSPS) is 10.8. The van der Waals surface area contributed by atoms with Crippen LogP contribution in [0.25, 0.3) is 15.5 Å². The van der Waals surface area contributed by atoms with E-state index in [1.165, 1.54) is 11.3 Å². The molecule has 0 aliphatic carbocycles. The maximum Gasteiger partial charge on any atom is 0.235 e. The van der Waals surface area contributed by atoms with E-state index in [1.807, 2.05) is 48.5 Å². The third-order valence-corrected chi connectivity index (χ3v) is 4.75. The van der Waals surface area contributed by atoms with Crippen LogP contribution in [0.15, 0.2) is 48.5 Å².